The Balaban J connectivity index is 1.44. The smallest absolute Gasteiger partial charge is 0.236 e. The van der Waals surface area contributed by atoms with Crippen LogP contribution >= 0.6 is 0 Å². The van der Waals surface area contributed by atoms with Gasteiger partial charge in [0, 0.05) is 25.6 Å². The van der Waals surface area contributed by atoms with Crippen LogP contribution in [0.3, 0.4) is 0 Å². The summed E-state index contributed by atoms with van der Waals surface area (Å²) in [4.78, 5) is 20.9. The molecule has 5 nitrogen and oxygen atoms in total. The Hall–Kier alpha value is -1.88. The van der Waals surface area contributed by atoms with Crippen molar-refractivity contribution in [3.63, 3.8) is 0 Å². The van der Waals surface area contributed by atoms with Crippen molar-refractivity contribution in [2.24, 2.45) is 0 Å². The van der Waals surface area contributed by atoms with Gasteiger partial charge in [-0.15, -0.1) is 0 Å². The molecule has 0 saturated carbocycles. The first-order chi connectivity index (χ1) is 10.8. The van der Waals surface area contributed by atoms with Crippen LogP contribution in [0.2, 0.25) is 0 Å². The summed E-state index contributed by atoms with van der Waals surface area (Å²) in [6.45, 7) is 4.27. The van der Waals surface area contributed by atoms with Crippen LogP contribution in [0, 0.1) is 0 Å². The van der Waals surface area contributed by atoms with Crippen LogP contribution in [-0.2, 0) is 4.79 Å². The average Bonchev–Trinajstić information content (AvgIpc) is 2.89. The Morgan fingerprint density at radius 3 is 2.86 bits per heavy atom. The van der Waals surface area contributed by atoms with Crippen molar-refractivity contribution in [3.05, 3.63) is 30.2 Å². The molecule has 1 aromatic carbocycles. The number of piperidine rings is 1. The van der Waals surface area contributed by atoms with E-state index < -0.39 is 0 Å². The summed E-state index contributed by atoms with van der Waals surface area (Å²) in [6.07, 6.45) is 3.33. The Kier molecular flexibility index (Phi) is 3.58. The lowest BCUT2D eigenvalue weighted by Gasteiger charge is -2.35. The molecule has 116 valence electrons. The SMILES string of the molecule is O=C(CN1CCCC(c2nc3ccccc3o2)C1)N1CCC1. The quantitative estimate of drug-likeness (QED) is 0.872. The van der Waals surface area contributed by atoms with Gasteiger partial charge in [0.25, 0.3) is 0 Å². The molecule has 0 spiro atoms. The molecule has 5 heteroatoms. The first kappa shape index (κ1) is 13.8. The van der Waals surface area contributed by atoms with Crippen LogP contribution in [0.25, 0.3) is 11.1 Å². The Bertz CT molecular complexity index is 644. The minimum atomic E-state index is 0.268. The van der Waals surface area contributed by atoms with Crippen LogP contribution < -0.4 is 0 Å². The van der Waals surface area contributed by atoms with Crippen LogP contribution in [0.1, 0.15) is 31.1 Å². The zero-order chi connectivity index (χ0) is 14.9. The summed E-state index contributed by atoms with van der Waals surface area (Å²) in [5, 5.41) is 0. The number of hydrogen-bond donors (Lipinski definition) is 0. The number of likely N-dealkylation sites (tertiary alicyclic amines) is 2. The van der Waals surface area contributed by atoms with Crippen molar-refractivity contribution in [2.45, 2.75) is 25.2 Å². The van der Waals surface area contributed by atoms with E-state index in [9.17, 15) is 4.79 Å². The van der Waals surface area contributed by atoms with E-state index >= 15 is 0 Å². The Labute approximate surface area is 129 Å². The second-order valence-electron chi connectivity index (χ2n) is 6.33. The summed E-state index contributed by atoms with van der Waals surface area (Å²) in [7, 11) is 0. The molecule has 0 bridgehead atoms. The number of para-hydroxylation sites is 2. The van der Waals surface area contributed by atoms with Gasteiger partial charge in [0.1, 0.15) is 5.52 Å². The largest absolute Gasteiger partial charge is 0.440 e. The van der Waals surface area contributed by atoms with Gasteiger partial charge in [0.15, 0.2) is 11.5 Å². The number of rotatable bonds is 3. The third-order valence-electron chi connectivity index (χ3n) is 4.73. The van der Waals surface area contributed by atoms with Crippen molar-refractivity contribution in [3.8, 4) is 0 Å². The van der Waals surface area contributed by atoms with E-state index in [0.717, 1.165) is 62.4 Å². The second-order valence-corrected chi connectivity index (χ2v) is 6.33. The lowest BCUT2D eigenvalue weighted by Crippen LogP contribution is -2.48. The number of carbonyl (C=O) groups excluding carboxylic acids is 1. The molecule has 2 aromatic rings. The zero-order valence-electron chi connectivity index (χ0n) is 12.7. The Morgan fingerprint density at radius 2 is 2.09 bits per heavy atom. The lowest BCUT2D eigenvalue weighted by molar-refractivity contribution is -0.136. The molecule has 1 amide bonds. The van der Waals surface area contributed by atoms with Crippen LogP contribution in [0.15, 0.2) is 28.7 Å². The van der Waals surface area contributed by atoms with Gasteiger partial charge in [-0.25, -0.2) is 4.98 Å². The highest BCUT2D eigenvalue weighted by molar-refractivity contribution is 5.79. The molecule has 0 radical (unpaired) electrons. The number of aromatic nitrogens is 1. The molecule has 2 saturated heterocycles. The molecule has 0 N–H and O–H groups in total. The summed E-state index contributed by atoms with van der Waals surface area (Å²) >= 11 is 0. The maximum absolute atomic E-state index is 12.1. The number of carbonyl (C=O) groups is 1. The Morgan fingerprint density at radius 1 is 1.23 bits per heavy atom. The number of hydrogen-bond acceptors (Lipinski definition) is 4. The van der Waals surface area contributed by atoms with Crippen molar-refractivity contribution >= 4 is 17.0 Å². The number of nitrogens with zero attached hydrogens (tertiary/aromatic N) is 3. The molecular formula is C17H21N3O2. The van der Waals surface area contributed by atoms with E-state index in [1.54, 1.807) is 0 Å². The molecule has 1 atom stereocenters. The molecule has 2 aliphatic rings. The predicted molar refractivity (Wildman–Crippen MR) is 83.6 cm³/mol. The molecular weight excluding hydrogens is 278 g/mol. The molecule has 2 fully saturated rings. The van der Waals surface area contributed by atoms with Gasteiger partial charge < -0.3 is 9.32 Å². The molecule has 22 heavy (non-hydrogen) atoms. The monoisotopic (exact) mass is 299 g/mol. The van der Waals surface area contributed by atoms with E-state index in [0.29, 0.717) is 12.5 Å². The van der Waals surface area contributed by atoms with Crippen LogP contribution in [0.4, 0.5) is 0 Å². The highest BCUT2D eigenvalue weighted by atomic mass is 16.3. The van der Waals surface area contributed by atoms with E-state index in [4.69, 9.17) is 4.42 Å². The third kappa shape index (κ3) is 2.61. The van der Waals surface area contributed by atoms with Gasteiger partial charge in [0.2, 0.25) is 5.91 Å². The summed E-state index contributed by atoms with van der Waals surface area (Å²) in [5.74, 6) is 1.39. The lowest BCUT2D eigenvalue weighted by atomic mass is 9.98. The standard InChI is InChI=1S/C17H21N3O2/c21-16(20-9-4-10-20)12-19-8-3-5-13(11-19)17-18-14-6-1-2-7-15(14)22-17/h1-2,6-7,13H,3-5,8-12H2. The van der Waals surface area contributed by atoms with Gasteiger partial charge in [-0.05, 0) is 37.9 Å². The van der Waals surface area contributed by atoms with E-state index in [-0.39, 0.29) is 5.91 Å². The first-order valence-electron chi connectivity index (χ1n) is 8.15. The molecule has 3 heterocycles. The fraction of sp³-hybridized carbons (Fsp3) is 0.529. The van der Waals surface area contributed by atoms with Gasteiger partial charge in [-0.3, -0.25) is 9.69 Å². The highest BCUT2D eigenvalue weighted by Crippen LogP contribution is 2.29. The summed E-state index contributed by atoms with van der Waals surface area (Å²) in [6, 6.07) is 7.89. The van der Waals surface area contributed by atoms with Gasteiger partial charge >= 0.3 is 0 Å². The van der Waals surface area contributed by atoms with Gasteiger partial charge in [0.05, 0.1) is 6.54 Å². The van der Waals surface area contributed by atoms with Crippen LogP contribution in [0.5, 0.6) is 0 Å². The van der Waals surface area contributed by atoms with Crippen LogP contribution in [-0.4, -0.2) is 53.4 Å². The number of oxazole rings is 1. The minimum Gasteiger partial charge on any atom is -0.440 e. The van der Waals surface area contributed by atoms with E-state index in [1.165, 1.54) is 0 Å². The maximum atomic E-state index is 12.1. The highest BCUT2D eigenvalue weighted by Gasteiger charge is 2.28. The normalized spacial score (nSPS) is 22.7. The average molecular weight is 299 g/mol. The number of fused-ring (bicyclic) bond motifs is 1. The maximum Gasteiger partial charge on any atom is 0.236 e. The fourth-order valence-corrected chi connectivity index (χ4v) is 3.32. The topological polar surface area (TPSA) is 49.6 Å². The molecule has 1 aromatic heterocycles. The number of amides is 1. The van der Waals surface area contributed by atoms with E-state index in [1.807, 2.05) is 29.2 Å². The molecule has 4 rings (SSSR count). The van der Waals surface area contributed by atoms with Gasteiger partial charge in [-0.1, -0.05) is 12.1 Å². The second kappa shape index (κ2) is 5.72. The minimum absolute atomic E-state index is 0.268. The van der Waals surface area contributed by atoms with Crippen molar-refractivity contribution in [1.29, 1.82) is 0 Å². The fourth-order valence-electron chi connectivity index (χ4n) is 3.32. The van der Waals surface area contributed by atoms with Gasteiger partial charge in [-0.2, -0.15) is 0 Å². The first-order valence-corrected chi connectivity index (χ1v) is 8.15. The zero-order valence-corrected chi connectivity index (χ0v) is 12.7. The summed E-state index contributed by atoms with van der Waals surface area (Å²) < 4.78 is 5.91. The molecule has 0 aliphatic carbocycles. The van der Waals surface area contributed by atoms with Crippen molar-refractivity contribution < 1.29 is 9.21 Å². The molecule has 2 aliphatic heterocycles. The van der Waals surface area contributed by atoms with Crippen molar-refractivity contribution in [1.82, 2.24) is 14.8 Å². The number of benzene rings is 1. The predicted octanol–water partition coefficient (Wildman–Crippen LogP) is 2.24. The third-order valence-corrected chi connectivity index (χ3v) is 4.73. The van der Waals surface area contributed by atoms with E-state index in [2.05, 4.69) is 9.88 Å². The molecule has 1 unspecified atom stereocenters. The van der Waals surface area contributed by atoms with Crippen molar-refractivity contribution in [2.75, 3.05) is 32.7 Å². The summed E-state index contributed by atoms with van der Waals surface area (Å²) in [5.41, 5.74) is 1.78.